The Balaban J connectivity index is 1.96. The van der Waals surface area contributed by atoms with E-state index in [1.54, 1.807) is 11.6 Å². The van der Waals surface area contributed by atoms with Gasteiger partial charge < -0.3 is 16.4 Å². The fourth-order valence-corrected chi connectivity index (χ4v) is 2.11. The molecule has 0 fully saturated rings. The third kappa shape index (κ3) is 3.02. The van der Waals surface area contributed by atoms with E-state index in [0.717, 1.165) is 10.2 Å². The number of aromatic nitrogens is 1. The maximum absolute atomic E-state index is 11.5. The first kappa shape index (κ1) is 12.5. The molecule has 0 aliphatic rings. The highest BCUT2D eigenvalue weighted by molar-refractivity contribution is 7.16. The van der Waals surface area contributed by atoms with E-state index in [4.69, 9.17) is 5.73 Å². The van der Waals surface area contributed by atoms with Gasteiger partial charge in [0.25, 0.3) is 0 Å². The number of benzene rings is 1. The molecule has 2 aromatic rings. The average molecular weight is 264 g/mol. The predicted octanol–water partition coefficient (Wildman–Crippen LogP) is 0.310. The number of nitrogens with two attached hydrogens (primary N) is 1. The summed E-state index contributed by atoms with van der Waals surface area (Å²) < 4.78 is 0.999. The second kappa shape index (κ2) is 5.56. The van der Waals surface area contributed by atoms with Gasteiger partial charge in [0.05, 0.1) is 28.8 Å². The number of thiazole rings is 1. The molecule has 1 aromatic carbocycles. The zero-order chi connectivity index (χ0) is 13.0. The van der Waals surface area contributed by atoms with Crippen molar-refractivity contribution in [2.45, 2.75) is 0 Å². The highest BCUT2D eigenvalue weighted by Gasteiger charge is 2.05. The SMILES string of the molecule is NCC(=O)NCC(=O)Nc1ccc2ncsc2c1. The van der Waals surface area contributed by atoms with Gasteiger partial charge in [-0.2, -0.15) is 0 Å². The van der Waals surface area contributed by atoms with Gasteiger partial charge >= 0.3 is 0 Å². The fraction of sp³-hybridized carbons (Fsp3) is 0.182. The summed E-state index contributed by atoms with van der Waals surface area (Å²) in [4.78, 5) is 26.6. The number of nitrogens with zero attached hydrogens (tertiary/aromatic N) is 1. The number of amides is 2. The van der Waals surface area contributed by atoms with Crippen molar-refractivity contribution in [3.63, 3.8) is 0 Å². The summed E-state index contributed by atoms with van der Waals surface area (Å²) in [6.45, 7) is -0.211. The van der Waals surface area contributed by atoms with E-state index in [1.807, 2.05) is 12.1 Å². The molecule has 1 aromatic heterocycles. The minimum Gasteiger partial charge on any atom is -0.346 e. The molecule has 0 saturated heterocycles. The monoisotopic (exact) mass is 264 g/mol. The van der Waals surface area contributed by atoms with E-state index in [9.17, 15) is 9.59 Å². The van der Waals surface area contributed by atoms with Crippen LogP contribution >= 0.6 is 11.3 Å². The molecule has 7 heteroatoms. The van der Waals surface area contributed by atoms with Gasteiger partial charge in [-0.05, 0) is 18.2 Å². The van der Waals surface area contributed by atoms with E-state index < -0.39 is 0 Å². The number of hydrogen-bond acceptors (Lipinski definition) is 5. The van der Waals surface area contributed by atoms with Crippen molar-refractivity contribution in [3.8, 4) is 0 Å². The zero-order valence-corrected chi connectivity index (χ0v) is 10.3. The van der Waals surface area contributed by atoms with E-state index in [-0.39, 0.29) is 24.9 Å². The average Bonchev–Trinajstić information content (AvgIpc) is 2.83. The summed E-state index contributed by atoms with van der Waals surface area (Å²) in [5, 5.41) is 5.09. The Morgan fingerprint density at radius 2 is 2.17 bits per heavy atom. The molecule has 0 radical (unpaired) electrons. The lowest BCUT2D eigenvalue weighted by Gasteiger charge is -2.06. The molecule has 0 saturated carbocycles. The van der Waals surface area contributed by atoms with Crippen LogP contribution in [0.1, 0.15) is 0 Å². The van der Waals surface area contributed by atoms with Crippen LogP contribution in [0.3, 0.4) is 0 Å². The largest absolute Gasteiger partial charge is 0.346 e. The van der Waals surface area contributed by atoms with Gasteiger partial charge in [-0.15, -0.1) is 11.3 Å². The van der Waals surface area contributed by atoms with Crippen molar-refractivity contribution in [2.24, 2.45) is 5.73 Å². The van der Waals surface area contributed by atoms with Gasteiger partial charge in [0.2, 0.25) is 11.8 Å². The number of rotatable bonds is 4. The molecular weight excluding hydrogens is 252 g/mol. The Kier molecular flexibility index (Phi) is 3.85. The lowest BCUT2D eigenvalue weighted by molar-refractivity contribution is -0.123. The molecule has 0 bridgehead atoms. The Morgan fingerprint density at radius 1 is 1.33 bits per heavy atom. The van der Waals surface area contributed by atoms with Crippen molar-refractivity contribution in [3.05, 3.63) is 23.7 Å². The van der Waals surface area contributed by atoms with Crippen molar-refractivity contribution < 1.29 is 9.59 Å². The summed E-state index contributed by atoms with van der Waals surface area (Å²) in [5.74, 6) is -0.649. The molecular formula is C11H12N4O2S. The van der Waals surface area contributed by atoms with Crippen LogP contribution in [0.15, 0.2) is 23.7 Å². The maximum Gasteiger partial charge on any atom is 0.243 e. The first-order valence-corrected chi connectivity index (χ1v) is 6.17. The molecule has 0 atom stereocenters. The van der Waals surface area contributed by atoms with Crippen molar-refractivity contribution in [1.29, 1.82) is 0 Å². The standard InChI is InChI=1S/C11H12N4O2S/c12-4-10(16)13-5-11(17)15-7-1-2-8-9(3-7)18-6-14-8/h1-3,6H,4-5,12H2,(H,13,16)(H,15,17). The smallest absolute Gasteiger partial charge is 0.243 e. The number of anilines is 1. The summed E-state index contributed by atoms with van der Waals surface area (Å²) in [6, 6.07) is 5.44. The van der Waals surface area contributed by atoms with Crippen LogP contribution in [-0.2, 0) is 9.59 Å². The number of carbonyl (C=O) groups is 2. The van der Waals surface area contributed by atoms with Crippen LogP contribution in [0.2, 0.25) is 0 Å². The molecule has 2 rings (SSSR count). The highest BCUT2D eigenvalue weighted by Crippen LogP contribution is 2.21. The fourth-order valence-electron chi connectivity index (χ4n) is 1.39. The normalized spacial score (nSPS) is 10.3. The van der Waals surface area contributed by atoms with Crippen LogP contribution in [0.25, 0.3) is 10.2 Å². The van der Waals surface area contributed by atoms with Crippen LogP contribution in [0, 0.1) is 0 Å². The Hall–Kier alpha value is -1.99. The molecule has 6 nitrogen and oxygen atoms in total. The van der Waals surface area contributed by atoms with Crippen molar-refractivity contribution in [2.75, 3.05) is 18.4 Å². The molecule has 4 N–H and O–H groups in total. The Labute approximate surface area is 107 Å². The summed E-state index contributed by atoms with van der Waals surface area (Å²) in [7, 11) is 0. The molecule has 0 unspecified atom stereocenters. The van der Waals surface area contributed by atoms with Crippen molar-refractivity contribution >= 4 is 39.1 Å². The number of fused-ring (bicyclic) bond motifs is 1. The van der Waals surface area contributed by atoms with Crippen LogP contribution in [0.4, 0.5) is 5.69 Å². The first-order valence-electron chi connectivity index (χ1n) is 5.29. The molecule has 2 amide bonds. The third-order valence-electron chi connectivity index (χ3n) is 2.25. The Bertz CT molecular complexity index is 581. The van der Waals surface area contributed by atoms with Gasteiger partial charge in [0.15, 0.2) is 0 Å². The zero-order valence-electron chi connectivity index (χ0n) is 9.47. The molecule has 94 valence electrons. The lowest BCUT2D eigenvalue weighted by atomic mass is 10.3. The number of hydrogen-bond donors (Lipinski definition) is 3. The molecule has 0 spiro atoms. The molecule has 0 aliphatic heterocycles. The van der Waals surface area contributed by atoms with Crippen LogP contribution < -0.4 is 16.4 Å². The minimum atomic E-state index is -0.358. The minimum absolute atomic E-state index is 0.0865. The van der Waals surface area contributed by atoms with Crippen molar-refractivity contribution in [1.82, 2.24) is 10.3 Å². The second-order valence-electron chi connectivity index (χ2n) is 3.56. The third-order valence-corrected chi connectivity index (χ3v) is 3.04. The van der Waals surface area contributed by atoms with E-state index in [1.165, 1.54) is 11.3 Å². The van der Waals surface area contributed by atoms with E-state index >= 15 is 0 Å². The first-order chi connectivity index (χ1) is 8.69. The van der Waals surface area contributed by atoms with E-state index in [2.05, 4.69) is 15.6 Å². The van der Waals surface area contributed by atoms with Crippen LogP contribution in [-0.4, -0.2) is 29.9 Å². The summed E-state index contributed by atoms with van der Waals surface area (Å²) in [6.07, 6.45) is 0. The topological polar surface area (TPSA) is 97.1 Å². The summed E-state index contributed by atoms with van der Waals surface area (Å²) in [5.41, 5.74) is 8.44. The van der Waals surface area contributed by atoms with Gasteiger partial charge in [-0.25, -0.2) is 4.98 Å². The van der Waals surface area contributed by atoms with Crippen LogP contribution in [0.5, 0.6) is 0 Å². The lowest BCUT2D eigenvalue weighted by Crippen LogP contribution is -2.36. The number of carbonyl (C=O) groups excluding carboxylic acids is 2. The highest BCUT2D eigenvalue weighted by atomic mass is 32.1. The molecule has 18 heavy (non-hydrogen) atoms. The quantitative estimate of drug-likeness (QED) is 0.740. The molecule has 0 aliphatic carbocycles. The van der Waals surface area contributed by atoms with Gasteiger partial charge in [-0.3, -0.25) is 9.59 Å². The predicted molar refractivity (Wildman–Crippen MR) is 70.3 cm³/mol. The van der Waals surface area contributed by atoms with Gasteiger partial charge in [0.1, 0.15) is 0 Å². The summed E-state index contributed by atoms with van der Waals surface area (Å²) >= 11 is 1.50. The maximum atomic E-state index is 11.5. The second-order valence-corrected chi connectivity index (χ2v) is 4.45. The number of nitrogens with one attached hydrogen (secondary N) is 2. The molecule has 1 heterocycles. The Morgan fingerprint density at radius 3 is 2.94 bits per heavy atom. The van der Waals surface area contributed by atoms with E-state index in [0.29, 0.717) is 5.69 Å². The van der Waals surface area contributed by atoms with Gasteiger partial charge in [-0.1, -0.05) is 0 Å². The van der Waals surface area contributed by atoms with Gasteiger partial charge in [0, 0.05) is 5.69 Å².